The minimum absolute atomic E-state index is 0.165. The maximum atomic E-state index is 13.0. The van der Waals surface area contributed by atoms with E-state index in [4.69, 9.17) is 14.0 Å². The van der Waals surface area contributed by atoms with Crippen LogP contribution in [0.1, 0.15) is 37.0 Å². The van der Waals surface area contributed by atoms with Crippen LogP contribution in [0.15, 0.2) is 33.9 Å². The number of nitrogens with zero attached hydrogens (tertiary/aromatic N) is 4. The Morgan fingerprint density at radius 1 is 1.35 bits per heavy atom. The molecule has 0 N–H and O–H groups in total. The molecule has 0 aliphatic carbocycles. The van der Waals surface area contributed by atoms with E-state index in [0.717, 1.165) is 12.8 Å². The summed E-state index contributed by atoms with van der Waals surface area (Å²) in [7, 11) is -2.08. The van der Waals surface area contributed by atoms with Crippen LogP contribution in [0, 0.1) is 0 Å². The van der Waals surface area contributed by atoms with E-state index in [-0.39, 0.29) is 11.5 Å². The molecule has 3 heterocycles. The van der Waals surface area contributed by atoms with Crippen molar-refractivity contribution in [1.82, 2.24) is 19.4 Å². The second-order valence-corrected chi connectivity index (χ2v) is 7.80. The SMILES string of the molecule is COCCOCc1nc(C2CCCCN2S(=O)(=O)c2cccnc2)no1. The summed E-state index contributed by atoms with van der Waals surface area (Å²) in [4.78, 5) is 8.40. The Morgan fingerprint density at radius 3 is 3.00 bits per heavy atom. The zero-order chi connectivity index (χ0) is 18.4. The zero-order valence-electron chi connectivity index (χ0n) is 14.6. The van der Waals surface area contributed by atoms with Gasteiger partial charge in [-0.3, -0.25) is 4.98 Å². The van der Waals surface area contributed by atoms with Crippen molar-refractivity contribution in [2.45, 2.75) is 36.8 Å². The highest BCUT2D eigenvalue weighted by atomic mass is 32.2. The van der Waals surface area contributed by atoms with E-state index in [1.54, 1.807) is 25.4 Å². The van der Waals surface area contributed by atoms with E-state index in [9.17, 15) is 8.42 Å². The molecule has 1 fully saturated rings. The second-order valence-electron chi connectivity index (χ2n) is 5.91. The molecule has 0 aromatic carbocycles. The zero-order valence-corrected chi connectivity index (χ0v) is 15.4. The summed E-state index contributed by atoms with van der Waals surface area (Å²) in [6.07, 6.45) is 5.23. The molecule has 10 heteroatoms. The van der Waals surface area contributed by atoms with Gasteiger partial charge in [-0.05, 0) is 25.0 Å². The van der Waals surface area contributed by atoms with Gasteiger partial charge in [0.15, 0.2) is 5.82 Å². The Labute approximate surface area is 152 Å². The average molecular weight is 382 g/mol. The number of ether oxygens (including phenoxy) is 2. The maximum absolute atomic E-state index is 13.0. The van der Waals surface area contributed by atoms with Gasteiger partial charge in [0.1, 0.15) is 11.5 Å². The van der Waals surface area contributed by atoms with Gasteiger partial charge in [0.25, 0.3) is 5.89 Å². The van der Waals surface area contributed by atoms with E-state index >= 15 is 0 Å². The third-order valence-corrected chi connectivity index (χ3v) is 6.03. The van der Waals surface area contributed by atoms with Crippen molar-refractivity contribution < 1.29 is 22.4 Å². The lowest BCUT2D eigenvalue weighted by molar-refractivity contribution is 0.0494. The standard InChI is InChI=1S/C16H22N4O5S/c1-23-9-10-24-12-15-18-16(19-25-15)14-6-2-3-8-20(14)26(21,22)13-5-4-7-17-11-13/h4-5,7,11,14H,2-3,6,8-10,12H2,1H3. The normalized spacial score (nSPS) is 18.9. The van der Waals surface area contributed by atoms with E-state index in [1.165, 1.54) is 10.5 Å². The third-order valence-electron chi connectivity index (χ3n) is 4.13. The molecule has 1 saturated heterocycles. The van der Waals surface area contributed by atoms with Gasteiger partial charge in [-0.25, -0.2) is 8.42 Å². The summed E-state index contributed by atoms with van der Waals surface area (Å²) in [6.45, 7) is 1.47. The molecule has 0 amide bonds. The maximum Gasteiger partial charge on any atom is 0.252 e. The van der Waals surface area contributed by atoms with Crippen LogP contribution < -0.4 is 0 Å². The molecular formula is C16H22N4O5S. The fourth-order valence-corrected chi connectivity index (χ4v) is 4.47. The summed E-state index contributed by atoms with van der Waals surface area (Å²) in [5.41, 5.74) is 0. The Balaban J connectivity index is 1.76. The van der Waals surface area contributed by atoms with Gasteiger partial charge in [-0.2, -0.15) is 9.29 Å². The molecule has 2 aromatic heterocycles. The quantitative estimate of drug-likeness (QED) is 0.633. The molecule has 3 rings (SSSR count). The van der Waals surface area contributed by atoms with E-state index in [0.29, 0.717) is 37.9 Å². The number of hydrogen-bond donors (Lipinski definition) is 0. The first-order valence-corrected chi connectivity index (χ1v) is 9.88. The van der Waals surface area contributed by atoms with Crippen LogP contribution in [-0.2, 0) is 26.1 Å². The number of piperidine rings is 1. The summed E-state index contributed by atoms with van der Waals surface area (Å²) in [5.74, 6) is 0.683. The van der Waals surface area contributed by atoms with Crippen molar-refractivity contribution in [1.29, 1.82) is 0 Å². The Hall–Kier alpha value is -1.88. The lowest BCUT2D eigenvalue weighted by Crippen LogP contribution is -2.39. The van der Waals surface area contributed by atoms with Crippen molar-refractivity contribution in [3.63, 3.8) is 0 Å². The molecule has 0 radical (unpaired) electrons. The first-order chi connectivity index (χ1) is 12.6. The lowest BCUT2D eigenvalue weighted by atomic mass is 10.0. The van der Waals surface area contributed by atoms with Gasteiger partial charge in [-0.1, -0.05) is 11.6 Å². The molecule has 0 bridgehead atoms. The highest BCUT2D eigenvalue weighted by molar-refractivity contribution is 7.89. The fraction of sp³-hybridized carbons (Fsp3) is 0.562. The van der Waals surface area contributed by atoms with Gasteiger partial charge in [-0.15, -0.1) is 0 Å². The van der Waals surface area contributed by atoms with Crippen molar-refractivity contribution in [2.24, 2.45) is 0 Å². The third kappa shape index (κ3) is 4.26. The molecule has 9 nitrogen and oxygen atoms in total. The van der Waals surface area contributed by atoms with Crippen molar-refractivity contribution in [3.8, 4) is 0 Å². The van der Waals surface area contributed by atoms with E-state index in [2.05, 4.69) is 15.1 Å². The van der Waals surface area contributed by atoms with Crippen LogP contribution in [0.5, 0.6) is 0 Å². The molecular weight excluding hydrogens is 360 g/mol. The molecule has 0 saturated carbocycles. The first kappa shape index (κ1) is 18.9. The smallest absolute Gasteiger partial charge is 0.252 e. The van der Waals surface area contributed by atoms with E-state index in [1.807, 2.05) is 0 Å². The fourth-order valence-electron chi connectivity index (χ4n) is 2.85. The van der Waals surface area contributed by atoms with Crippen LogP contribution in [0.4, 0.5) is 0 Å². The molecule has 1 unspecified atom stereocenters. The topological polar surface area (TPSA) is 108 Å². The van der Waals surface area contributed by atoms with Crippen molar-refractivity contribution in [3.05, 3.63) is 36.2 Å². The molecule has 142 valence electrons. The van der Waals surface area contributed by atoms with Gasteiger partial charge in [0, 0.05) is 26.0 Å². The monoisotopic (exact) mass is 382 g/mol. The number of hydrogen-bond acceptors (Lipinski definition) is 8. The van der Waals surface area contributed by atoms with Crippen LogP contribution in [0.3, 0.4) is 0 Å². The molecule has 2 aromatic rings. The molecule has 1 aliphatic rings. The molecule has 26 heavy (non-hydrogen) atoms. The first-order valence-electron chi connectivity index (χ1n) is 8.44. The van der Waals surface area contributed by atoms with Crippen LogP contribution >= 0.6 is 0 Å². The van der Waals surface area contributed by atoms with Gasteiger partial charge in [0.05, 0.1) is 19.3 Å². The van der Waals surface area contributed by atoms with Crippen molar-refractivity contribution >= 4 is 10.0 Å². The summed E-state index contributed by atoms with van der Waals surface area (Å²) < 4.78 is 42.9. The second kappa shape index (κ2) is 8.67. The minimum Gasteiger partial charge on any atom is -0.382 e. The Bertz CT molecular complexity index is 796. The van der Waals surface area contributed by atoms with Crippen LogP contribution in [0.25, 0.3) is 0 Å². The van der Waals surface area contributed by atoms with Crippen LogP contribution in [0.2, 0.25) is 0 Å². The number of pyridine rings is 1. The highest BCUT2D eigenvalue weighted by Crippen LogP contribution is 2.33. The number of aromatic nitrogens is 3. The summed E-state index contributed by atoms with van der Waals surface area (Å²) in [5, 5.41) is 3.98. The Morgan fingerprint density at radius 2 is 2.23 bits per heavy atom. The van der Waals surface area contributed by atoms with Gasteiger partial charge < -0.3 is 14.0 Å². The van der Waals surface area contributed by atoms with E-state index < -0.39 is 16.1 Å². The Kier molecular flexibility index (Phi) is 6.30. The predicted molar refractivity (Wildman–Crippen MR) is 90.6 cm³/mol. The van der Waals surface area contributed by atoms with Gasteiger partial charge >= 0.3 is 0 Å². The molecule has 0 spiro atoms. The number of sulfonamides is 1. The van der Waals surface area contributed by atoms with Crippen LogP contribution in [-0.4, -0.2) is 54.7 Å². The van der Waals surface area contributed by atoms with Crippen molar-refractivity contribution in [2.75, 3.05) is 26.9 Å². The summed E-state index contributed by atoms with van der Waals surface area (Å²) >= 11 is 0. The average Bonchev–Trinajstić information content (AvgIpc) is 3.15. The largest absolute Gasteiger partial charge is 0.382 e. The molecule has 1 atom stereocenters. The highest BCUT2D eigenvalue weighted by Gasteiger charge is 2.37. The summed E-state index contributed by atoms with van der Waals surface area (Å²) in [6, 6.07) is 2.69. The number of rotatable bonds is 8. The lowest BCUT2D eigenvalue weighted by Gasteiger charge is -2.32. The number of methoxy groups -OCH3 is 1. The predicted octanol–water partition coefficient (Wildman–Crippen LogP) is 1.54. The molecule has 1 aliphatic heterocycles. The minimum atomic E-state index is -3.67. The van der Waals surface area contributed by atoms with Gasteiger partial charge in [0.2, 0.25) is 10.0 Å².